The van der Waals surface area contributed by atoms with Crippen molar-refractivity contribution in [1.82, 2.24) is 5.32 Å². The smallest absolute Gasteiger partial charge is 0.270 e. The van der Waals surface area contributed by atoms with Gasteiger partial charge in [0.05, 0.1) is 16.6 Å². The highest BCUT2D eigenvalue weighted by atomic mass is 16.6. The molecule has 2 aromatic rings. The van der Waals surface area contributed by atoms with Gasteiger partial charge in [0.15, 0.2) is 0 Å². The number of ether oxygens (including phenoxy) is 1. The number of hydrogen-bond donors (Lipinski definition) is 2. The summed E-state index contributed by atoms with van der Waals surface area (Å²) >= 11 is 0. The van der Waals surface area contributed by atoms with E-state index in [0.29, 0.717) is 25.4 Å². The van der Waals surface area contributed by atoms with E-state index in [2.05, 4.69) is 10.6 Å². The summed E-state index contributed by atoms with van der Waals surface area (Å²) in [6, 6.07) is 14.3. The summed E-state index contributed by atoms with van der Waals surface area (Å²) in [5.74, 6) is -0.337. The summed E-state index contributed by atoms with van der Waals surface area (Å²) in [6.07, 6.45) is 2.71. The molecule has 0 aliphatic carbocycles. The van der Waals surface area contributed by atoms with Crippen molar-refractivity contribution in [2.24, 2.45) is 0 Å². The van der Waals surface area contributed by atoms with Crippen LogP contribution in [0.15, 0.2) is 48.5 Å². The van der Waals surface area contributed by atoms with Crippen molar-refractivity contribution in [2.45, 2.75) is 25.4 Å². The van der Waals surface area contributed by atoms with Crippen LogP contribution in [0.2, 0.25) is 0 Å². The number of carbonyl (C=O) groups is 1. The molecule has 0 spiro atoms. The zero-order chi connectivity index (χ0) is 19.1. The van der Waals surface area contributed by atoms with Crippen molar-refractivity contribution in [3.05, 3.63) is 69.8 Å². The molecule has 0 bridgehead atoms. The first-order chi connectivity index (χ1) is 13.1. The normalized spacial score (nSPS) is 16.1. The summed E-state index contributed by atoms with van der Waals surface area (Å²) in [6.45, 7) is 1.74. The molecular formula is C20H23N3O4. The molecule has 1 aliphatic rings. The third-order valence-corrected chi connectivity index (χ3v) is 4.54. The Morgan fingerprint density at radius 1 is 1.22 bits per heavy atom. The number of rotatable bonds is 8. The van der Waals surface area contributed by atoms with Gasteiger partial charge >= 0.3 is 0 Å². The third kappa shape index (κ3) is 5.27. The lowest BCUT2D eigenvalue weighted by atomic mass is 10.1. The van der Waals surface area contributed by atoms with Crippen LogP contribution < -0.4 is 10.6 Å². The van der Waals surface area contributed by atoms with Crippen LogP contribution >= 0.6 is 0 Å². The Hall–Kier alpha value is -2.93. The lowest BCUT2D eigenvalue weighted by molar-refractivity contribution is -0.384. The van der Waals surface area contributed by atoms with Crippen LogP contribution in [0.1, 0.15) is 28.8 Å². The van der Waals surface area contributed by atoms with E-state index < -0.39 is 4.92 Å². The fraction of sp³-hybridized carbons (Fsp3) is 0.350. The first kappa shape index (κ1) is 18.8. The first-order valence-corrected chi connectivity index (χ1v) is 9.09. The fourth-order valence-corrected chi connectivity index (χ4v) is 3.08. The number of amides is 1. The van der Waals surface area contributed by atoms with Crippen molar-refractivity contribution in [3.8, 4) is 0 Å². The number of non-ortho nitro benzene ring substituents is 1. The van der Waals surface area contributed by atoms with E-state index in [1.807, 2.05) is 30.3 Å². The number of hydrogen-bond acceptors (Lipinski definition) is 5. The van der Waals surface area contributed by atoms with Crippen molar-refractivity contribution in [3.63, 3.8) is 0 Å². The van der Waals surface area contributed by atoms with E-state index in [9.17, 15) is 14.9 Å². The van der Waals surface area contributed by atoms with Gasteiger partial charge in [-0.05, 0) is 30.9 Å². The fourth-order valence-electron chi connectivity index (χ4n) is 3.08. The summed E-state index contributed by atoms with van der Waals surface area (Å²) < 4.78 is 5.51. The molecule has 0 saturated carbocycles. The van der Waals surface area contributed by atoms with Crippen LogP contribution in [0.4, 0.5) is 11.4 Å². The van der Waals surface area contributed by atoms with E-state index in [1.54, 1.807) is 6.07 Å². The minimum atomic E-state index is -0.495. The van der Waals surface area contributed by atoms with Crippen molar-refractivity contribution < 1.29 is 14.5 Å². The SMILES string of the molecule is O=C(NCC1CCCO1)c1cc([N+](=O)[O-])ccc1NCCc1ccccc1. The molecule has 2 aromatic carbocycles. The van der Waals surface area contributed by atoms with Gasteiger partial charge in [0.2, 0.25) is 0 Å². The molecule has 2 N–H and O–H groups in total. The molecule has 1 amide bonds. The summed E-state index contributed by atoms with van der Waals surface area (Å²) in [7, 11) is 0. The topological polar surface area (TPSA) is 93.5 Å². The molecule has 1 unspecified atom stereocenters. The molecule has 142 valence electrons. The Kier molecular flexibility index (Phi) is 6.38. The van der Waals surface area contributed by atoms with Crippen LogP contribution in [0.5, 0.6) is 0 Å². The maximum absolute atomic E-state index is 12.6. The second-order valence-electron chi connectivity index (χ2n) is 6.49. The number of carbonyl (C=O) groups excluding carboxylic acids is 1. The number of nitro benzene ring substituents is 1. The molecule has 1 saturated heterocycles. The van der Waals surface area contributed by atoms with Crippen LogP contribution in [0.3, 0.4) is 0 Å². The molecule has 1 atom stereocenters. The highest BCUT2D eigenvalue weighted by Crippen LogP contribution is 2.22. The quantitative estimate of drug-likeness (QED) is 0.551. The highest BCUT2D eigenvalue weighted by molar-refractivity contribution is 6.00. The van der Waals surface area contributed by atoms with Gasteiger partial charge in [-0.3, -0.25) is 14.9 Å². The lowest BCUT2D eigenvalue weighted by Crippen LogP contribution is -2.32. The minimum Gasteiger partial charge on any atom is -0.384 e. The van der Waals surface area contributed by atoms with E-state index in [1.165, 1.54) is 17.7 Å². The molecule has 1 aliphatic heterocycles. The lowest BCUT2D eigenvalue weighted by Gasteiger charge is -2.14. The van der Waals surface area contributed by atoms with Gasteiger partial charge in [-0.15, -0.1) is 0 Å². The van der Waals surface area contributed by atoms with Gasteiger partial charge in [-0.2, -0.15) is 0 Å². The Balaban J connectivity index is 1.67. The number of benzene rings is 2. The molecule has 7 nitrogen and oxygen atoms in total. The first-order valence-electron chi connectivity index (χ1n) is 9.09. The molecule has 3 rings (SSSR count). The number of nitrogens with one attached hydrogen (secondary N) is 2. The predicted octanol–water partition coefficient (Wildman–Crippen LogP) is 3.16. The molecular weight excluding hydrogens is 346 g/mol. The summed E-state index contributed by atoms with van der Waals surface area (Å²) in [4.78, 5) is 23.2. The monoisotopic (exact) mass is 369 g/mol. The van der Waals surface area contributed by atoms with Gasteiger partial charge < -0.3 is 15.4 Å². The van der Waals surface area contributed by atoms with Crippen LogP contribution in [-0.4, -0.2) is 36.6 Å². The van der Waals surface area contributed by atoms with Gasteiger partial charge in [0.25, 0.3) is 11.6 Å². The standard InChI is InChI=1S/C20H23N3O4/c24-20(22-14-17-7-4-12-27-17)18-13-16(23(25)26)8-9-19(18)21-11-10-15-5-2-1-3-6-15/h1-3,5-6,8-9,13,17,21H,4,7,10-12,14H2,(H,22,24). The van der Waals surface area contributed by atoms with E-state index in [-0.39, 0.29) is 23.3 Å². The zero-order valence-electron chi connectivity index (χ0n) is 15.0. The van der Waals surface area contributed by atoms with Crippen LogP contribution in [0, 0.1) is 10.1 Å². The Bertz CT molecular complexity index is 789. The largest absolute Gasteiger partial charge is 0.384 e. The van der Waals surface area contributed by atoms with Gasteiger partial charge in [0.1, 0.15) is 0 Å². The van der Waals surface area contributed by atoms with E-state index in [0.717, 1.165) is 19.3 Å². The zero-order valence-corrected chi connectivity index (χ0v) is 15.0. The maximum atomic E-state index is 12.6. The van der Waals surface area contributed by atoms with E-state index in [4.69, 9.17) is 4.74 Å². The Morgan fingerprint density at radius 3 is 2.74 bits per heavy atom. The molecule has 1 heterocycles. The second kappa shape index (κ2) is 9.14. The van der Waals surface area contributed by atoms with Gasteiger partial charge in [-0.1, -0.05) is 30.3 Å². The molecule has 0 aromatic heterocycles. The Labute approximate surface area is 157 Å². The van der Waals surface area contributed by atoms with Crippen LogP contribution in [0.25, 0.3) is 0 Å². The summed E-state index contributed by atoms with van der Waals surface area (Å²) in [5, 5.41) is 17.1. The highest BCUT2D eigenvalue weighted by Gasteiger charge is 2.20. The van der Waals surface area contributed by atoms with E-state index >= 15 is 0 Å². The summed E-state index contributed by atoms with van der Waals surface area (Å²) in [5.41, 5.74) is 1.93. The molecule has 0 radical (unpaired) electrons. The number of anilines is 1. The minimum absolute atomic E-state index is 0.0159. The van der Waals surface area contributed by atoms with Crippen LogP contribution in [-0.2, 0) is 11.2 Å². The maximum Gasteiger partial charge on any atom is 0.270 e. The average Bonchev–Trinajstić information content (AvgIpc) is 3.20. The van der Waals surface area contributed by atoms with Gasteiger partial charge in [0, 0.05) is 37.5 Å². The van der Waals surface area contributed by atoms with Crippen molar-refractivity contribution >= 4 is 17.3 Å². The molecule has 7 heteroatoms. The Morgan fingerprint density at radius 2 is 2.04 bits per heavy atom. The average molecular weight is 369 g/mol. The van der Waals surface area contributed by atoms with Crippen molar-refractivity contribution in [2.75, 3.05) is 25.0 Å². The molecule has 27 heavy (non-hydrogen) atoms. The van der Waals surface area contributed by atoms with Gasteiger partial charge in [-0.25, -0.2) is 0 Å². The molecule has 1 fully saturated rings. The number of nitrogens with zero attached hydrogens (tertiary/aromatic N) is 1. The number of nitro groups is 1. The second-order valence-corrected chi connectivity index (χ2v) is 6.49. The predicted molar refractivity (Wildman–Crippen MR) is 103 cm³/mol. The van der Waals surface area contributed by atoms with Crippen molar-refractivity contribution in [1.29, 1.82) is 0 Å². The third-order valence-electron chi connectivity index (χ3n) is 4.54.